The van der Waals surface area contributed by atoms with Gasteiger partial charge in [0.15, 0.2) is 5.16 Å². The topological polar surface area (TPSA) is 35.6 Å². The predicted octanol–water partition coefficient (Wildman–Crippen LogP) is 1.50. The van der Waals surface area contributed by atoms with E-state index in [9.17, 15) is 4.79 Å². The maximum Gasteiger partial charge on any atom is 0.282 e. The Hall–Kier alpha value is 0.130. The van der Waals surface area contributed by atoms with Gasteiger partial charge in [-0.2, -0.15) is 4.53 Å². The van der Waals surface area contributed by atoms with Crippen LogP contribution in [-0.4, -0.2) is 15.1 Å². The Labute approximate surface area is 82.4 Å². The minimum atomic E-state index is -0.608. The van der Waals surface area contributed by atoms with Crippen molar-refractivity contribution in [3.05, 3.63) is 10.2 Å². The largest absolute Gasteiger partial charge is 0.282 e. The van der Waals surface area contributed by atoms with Gasteiger partial charge in [-0.3, -0.25) is 4.79 Å². The van der Waals surface area contributed by atoms with Crippen LogP contribution in [0.1, 0.15) is 0 Å². The van der Waals surface area contributed by atoms with Crippen molar-refractivity contribution in [1.29, 1.82) is 0 Å². The third kappa shape index (κ3) is 1.65. The van der Waals surface area contributed by atoms with E-state index >= 15 is 0 Å². The van der Waals surface area contributed by atoms with E-state index < -0.39 is 5.91 Å². The number of rotatable bonds is 0. The van der Waals surface area contributed by atoms with Crippen LogP contribution in [0, 0.1) is 0 Å². The molecular formula is C3HCl4N3O. The van der Waals surface area contributed by atoms with Crippen LogP contribution in [0.25, 0.3) is 0 Å². The second-order valence-corrected chi connectivity index (χ2v) is 2.94. The smallest absolute Gasteiger partial charge is 0.267 e. The fourth-order valence-electron chi connectivity index (χ4n) is 0.429. The number of amides is 1. The summed E-state index contributed by atoms with van der Waals surface area (Å²) in [6, 6.07) is 0. The van der Waals surface area contributed by atoms with E-state index in [1.165, 1.54) is 0 Å². The summed E-state index contributed by atoms with van der Waals surface area (Å²) in [6.07, 6.45) is 0. The van der Waals surface area contributed by atoms with Crippen molar-refractivity contribution in [3.63, 3.8) is 0 Å². The van der Waals surface area contributed by atoms with Crippen molar-refractivity contribution >= 4 is 52.7 Å². The second-order valence-electron chi connectivity index (χ2n) is 1.57. The minimum Gasteiger partial charge on any atom is -0.267 e. The van der Waals surface area contributed by atoms with Crippen LogP contribution in [0.15, 0.2) is 10.2 Å². The highest BCUT2D eigenvalue weighted by atomic mass is 35.5. The van der Waals surface area contributed by atoms with Gasteiger partial charge in [-0.1, -0.05) is 23.2 Å². The van der Waals surface area contributed by atoms with Gasteiger partial charge in [0.05, 0.1) is 0 Å². The Balaban J connectivity index is 2.98. The number of nitrogens with zero attached hydrogens (tertiary/aromatic N) is 2. The summed E-state index contributed by atoms with van der Waals surface area (Å²) in [5, 5.41) is -0.356. The van der Waals surface area contributed by atoms with Crippen molar-refractivity contribution in [1.82, 2.24) is 14.6 Å². The summed E-state index contributed by atoms with van der Waals surface area (Å²) >= 11 is 21.6. The van der Waals surface area contributed by atoms with E-state index in [0.717, 1.165) is 4.53 Å². The fraction of sp³-hybridized carbons (Fsp3) is 0. The van der Waals surface area contributed by atoms with E-state index in [4.69, 9.17) is 46.8 Å². The first-order chi connectivity index (χ1) is 5.04. The molecule has 0 aliphatic carbocycles. The highest BCUT2D eigenvalue weighted by molar-refractivity contribution is 6.49. The van der Waals surface area contributed by atoms with Gasteiger partial charge in [0.1, 0.15) is 5.03 Å². The van der Waals surface area contributed by atoms with Crippen LogP contribution < -0.4 is 5.43 Å². The molecule has 1 N–H and O–H groups in total. The highest BCUT2D eigenvalue weighted by Crippen LogP contribution is 2.26. The molecule has 0 aromatic carbocycles. The first-order valence-electron chi connectivity index (χ1n) is 2.32. The normalized spacial score (nSPS) is 20.7. The number of carbonyl (C=O) groups excluding carboxylic acids is 1. The van der Waals surface area contributed by atoms with Gasteiger partial charge < -0.3 is 0 Å². The lowest BCUT2D eigenvalue weighted by Crippen LogP contribution is -2.46. The van der Waals surface area contributed by atoms with Crippen molar-refractivity contribution in [2.45, 2.75) is 0 Å². The van der Waals surface area contributed by atoms with Crippen LogP contribution in [0.4, 0.5) is 0 Å². The lowest BCUT2D eigenvalue weighted by molar-refractivity contribution is -0.123. The van der Waals surface area contributed by atoms with Crippen LogP contribution in [0.5, 0.6) is 0 Å². The number of hydrogen-bond acceptors (Lipinski definition) is 3. The molecule has 0 unspecified atom stereocenters. The van der Waals surface area contributed by atoms with E-state index in [-0.39, 0.29) is 10.2 Å². The SMILES string of the molecule is O=C1NN(Cl)N(Cl)C(Cl)=C1Cl. The quantitative estimate of drug-likeness (QED) is 0.512. The summed E-state index contributed by atoms with van der Waals surface area (Å²) in [7, 11) is 0. The standard InChI is InChI=1S/C3HCl4N3O/c4-1-2(5)9(6)10(7)8-3(1)11/h(H,8,11). The van der Waals surface area contributed by atoms with Crippen LogP contribution in [0.2, 0.25) is 0 Å². The molecule has 62 valence electrons. The van der Waals surface area contributed by atoms with Gasteiger partial charge in [-0.05, 0) is 4.64 Å². The summed E-state index contributed by atoms with van der Waals surface area (Å²) in [4.78, 5) is 10.8. The Morgan fingerprint density at radius 1 is 1.27 bits per heavy atom. The number of carbonyl (C=O) groups is 1. The average Bonchev–Trinajstić information content (AvgIpc) is 1.97. The summed E-state index contributed by atoms with van der Waals surface area (Å²) in [5.74, 6) is -0.608. The lowest BCUT2D eigenvalue weighted by atomic mass is 10.5. The molecule has 11 heavy (non-hydrogen) atoms. The molecule has 0 bridgehead atoms. The maximum atomic E-state index is 10.8. The molecule has 0 radical (unpaired) electrons. The van der Waals surface area contributed by atoms with Gasteiger partial charge in [0.25, 0.3) is 5.91 Å². The summed E-state index contributed by atoms with van der Waals surface area (Å²) in [6.45, 7) is 0. The zero-order chi connectivity index (χ0) is 8.59. The Morgan fingerprint density at radius 2 is 1.82 bits per heavy atom. The predicted molar refractivity (Wildman–Crippen MR) is 42.3 cm³/mol. The molecule has 1 aliphatic heterocycles. The van der Waals surface area contributed by atoms with Gasteiger partial charge in [0, 0.05) is 23.6 Å². The molecule has 8 heteroatoms. The molecule has 0 aromatic heterocycles. The van der Waals surface area contributed by atoms with Gasteiger partial charge in [-0.15, -0.1) is 0 Å². The van der Waals surface area contributed by atoms with E-state index in [0.29, 0.717) is 4.64 Å². The molecule has 1 rings (SSSR count). The fourth-order valence-corrected chi connectivity index (χ4v) is 1.07. The monoisotopic (exact) mass is 235 g/mol. The molecule has 0 saturated carbocycles. The van der Waals surface area contributed by atoms with Crippen LogP contribution in [0.3, 0.4) is 0 Å². The van der Waals surface area contributed by atoms with Crippen LogP contribution in [-0.2, 0) is 4.79 Å². The van der Waals surface area contributed by atoms with Crippen LogP contribution >= 0.6 is 46.8 Å². The lowest BCUT2D eigenvalue weighted by Gasteiger charge is -2.27. The summed E-state index contributed by atoms with van der Waals surface area (Å²) in [5.41, 5.74) is 2.09. The Bertz CT molecular complexity index is 229. The van der Waals surface area contributed by atoms with E-state index in [1.807, 2.05) is 0 Å². The number of hydrogen-bond donors (Lipinski definition) is 1. The first-order valence-corrected chi connectivity index (χ1v) is 3.75. The second kappa shape index (κ2) is 3.25. The maximum absolute atomic E-state index is 10.8. The molecule has 0 atom stereocenters. The average molecular weight is 237 g/mol. The van der Waals surface area contributed by atoms with Gasteiger partial charge >= 0.3 is 0 Å². The molecule has 1 aliphatic rings. The third-order valence-corrected chi connectivity index (χ3v) is 2.41. The Morgan fingerprint density at radius 3 is 2.36 bits per heavy atom. The number of nitrogens with one attached hydrogen (secondary N) is 1. The third-order valence-electron chi connectivity index (χ3n) is 0.890. The number of halogens is 4. The molecule has 0 spiro atoms. The van der Waals surface area contributed by atoms with Gasteiger partial charge in [0.2, 0.25) is 0 Å². The molecule has 1 amide bonds. The van der Waals surface area contributed by atoms with Crippen molar-refractivity contribution in [2.24, 2.45) is 0 Å². The highest BCUT2D eigenvalue weighted by Gasteiger charge is 2.28. The molecule has 1 heterocycles. The summed E-state index contributed by atoms with van der Waals surface area (Å²) < 4.78 is 1.44. The number of hydrazine groups is 2. The Kier molecular flexibility index (Phi) is 2.72. The minimum absolute atomic E-state index is 0.146. The van der Waals surface area contributed by atoms with Crippen molar-refractivity contribution in [3.8, 4) is 0 Å². The van der Waals surface area contributed by atoms with Gasteiger partial charge in [-0.25, -0.2) is 5.43 Å². The van der Waals surface area contributed by atoms with E-state index in [1.54, 1.807) is 0 Å². The zero-order valence-electron chi connectivity index (χ0n) is 4.81. The molecule has 0 fully saturated rings. The molecule has 0 aromatic rings. The van der Waals surface area contributed by atoms with Crippen molar-refractivity contribution in [2.75, 3.05) is 0 Å². The zero-order valence-corrected chi connectivity index (χ0v) is 7.84. The van der Waals surface area contributed by atoms with E-state index in [2.05, 4.69) is 5.43 Å². The molecular weight excluding hydrogens is 236 g/mol. The molecule has 4 nitrogen and oxygen atoms in total. The van der Waals surface area contributed by atoms with Crippen molar-refractivity contribution < 1.29 is 4.79 Å². The molecule has 0 saturated heterocycles. The first kappa shape index (κ1) is 9.22.